The lowest BCUT2D eigenvalue weighted by Crippen LogP contribution is -1.94. The van der Waals surface area contributed by atoms with E-state index in [4.69, 9.17) is 0 Å². The lowest BCUT2D eigenvalue weighted by Gasteiger charge is -2.04. The number of benzene rings is 1. The maximum absolute atomic E-state index is 4.60. The summed E-state index contributed by atoms with van der Waals surface area (Å²) in [5, 5.41) is 1.17. The van der Waals surface area contributed by atoms with E-state index in [2.05, 4.69) is 41.2 Å². The van der Waals surface area contributed by atoms with Gasteiger partial charge in [-0.25, -0.2) is 0 Å². The number of nitrogens with zero attached hydrogens (tertiary/aromatic N) is 2. The number of aliphatic imine (C=N–C) groups is 1. The van der Waals surface area contributed by atoms with Crippen molar-refractivity contribution in [2.75, 3.05) is 0 Å². The maximum Gasteiger partial charge on any atom is 0.0741 e. The van der Waals surface area contributed by atoms with E-state index in [0.29, 0.717) is 0 Å². The Morgan fingerprint density at radius 2 is 1.80 bits per heavy atom. The average Bonchev–Trinajstić information content (AvgIpc) is 2.98. The number of rotatable bonds is 1. The summed E-state index contributed by atoms with van der Waals surface area (Å²) in [7, 11) is 0. The number of hydrogen-bond donors (Lipinski definition) is 0. The molecule has 1 aliphatic heterocycles. The van der Waals surface area contributed by atoms with Crippen LogP contribution in [0.15, 0.2) is 70.5 Å². The van der Waals surface area contributed by atoms with Crippen LogP contribution in [0.5, 0.6) is 0 Å². The maximum atomic E-state index is 4.60. The molecule has 2 nitrogen and oxygen atoms in total. The molecule has 1 aromatic carbocycles. The Hall–Kier alpha value is -2.48. The van der Waals surface area contributed by atoms with E-state index in [1.807, 2.05) is 31.3 Å². The molecule has 0 N–H and O–H groups in total. The lowest BCUT2D eigenvalue weighted by atomic mass is 10.0. The summed E-state index contributed by atoms with van der Waals surface area (Å²) < 4.78 is 0. The molecule has 0 radical (unpaired) electrons. The molecule has 1 aliphatic carbocycles. The van der Waals surface area contributed by atoms with E-state index in [-0.39, 0.29) is 0 Å². The van der Waals surface area contributed by atoms with E-state index in [9.17, 15) is 0 Å². The number of para-hydroxylation sites is 1. The molecule has 4 rings (SSSR count). The van der Waals surface area contributed by atoms with Crippen LogP contribution in [0.2, 0.25) is 0 Å². The summed E-state index contributed by atoms with van der Waals surface area (Å²) in [5.74, 6) is 0. The zero-order valence-electron chi connectivity index (χ0n) is 11.5. The molecule has 0 saturated carbocycles. The third-order valence-electron chi connectivity index (χ3n) is 3.82. The fourth-order valence-corrected chi connectivity index (χ4v) is 2.87. The number of hydrogen-bond acceptors (Lipinski definition) is 2. The first-order valence-corrected chi connectivity index (χ1v) is 6.78. The monoisotopic (exact) mass is 258 g/mol. The topological polar surface area (TPSA) is 25.2 Å². The first-order valence-electron chi connectivity index (χ1n) is 6.78. The fourth-order valence-electron chi connectivity index (χ4n) is 2.87. The standard InChI is InChI=1S/C18H14N2/c1-11-7-15(16-8-12(2)20-18(11)16)14-9-13-5-3-4-6-17(13)19-10-14/h3-10H,1-2H3. The van der Waals surface area contributed by atoms with Crippen molar-refractivity contribution in [1.82, 2.24) is 4.98 Å². The molecular weight excluding hydrogens is 244 g/mol. The highest BCUT2D eigenvalue weighted by Gasteiger charge is 2.24. The van der Waals surface area contributed by atoms with Crippen LogP contribution in [-0.4, -0.2) is 10.7 Å². The van der Waals surface area contributed by atoms with Crippen LogP contribution in [0.3, 0.4) is 0 Å². The molecule has 2 aliphatic rings. The summed E-state index contributed by atoms with van der Waals surface area (Å²) in [6.07, 6.45) is 6.33. The first kappa shape index (κ1) is 11.4. The molecule has 20 heavy (non-hydrogen) atoms. The van der Waals surface area contributed by atoms with Crippen molar-refractivity contribution < 1.29 is 0 Å². The smallest absolute Gasteiger partial charge is 0.0741 e. The molecule has 2 heterocycles. The van der Waals surface area contributed by atoms with Crippen LogP contribution in [0.4, 0.5) is 0 Å². The van der Waals surface area contributed by atoms with Gasteiger partial charge in [0.15, 0.2) is 0 Å². The molecule has 0 atom stereocenters. The molecule has 2 heteroatoms. The number of fused-ring (bicyclic) bond motifs is 2. The van der Waals surface area contributed by atoms with Crippen LogP contribution >= 0.6 is 0 Å². The summed E-state index contributed by atoms with van der Waals surface area (Å²) in [5.41, 5.74) is 8.09. The highest BCUT2D eigenvalue weighted by atomic mass is 14.8. The third kappa shape index (κ3) is 1.58. The second kappa shape index (κ2) is 4.01. The zero-order valence-corrected chi connectivity index (χ0v) is 11.5. The molecule has 0 amide bonds. The Kier molecular flexibility index (Phi) is 2.27. The van der Waals surface area contributed by atoms with Gasteiger partial charge < -0.3 is 0 Å². The second-order valence-electron chi connectivity index (χ2n) is 5.32. The lowest BCUT2D eigenvalue weighted by molar-refractivity contribution is 1.33. The van der Waals surface area contributed by atoms with Gasteiger partial charge in [0.25, 0.3) is 0 Å². The van der Waals surface area contributed by atoms with Crippen molar-refractivity contribution in [2.24, 2.45) is 4.99 Å². The minimum atomic E-state index is 1.03. The molecule has 0 saturated heterocycles. The number of pyridine rings is 1. The Labute approximate surface area is 117 Å². The van der Waals surface area contributed by atoms with Gasteiger partial charge in [0.2, 0.25) is 0 Å². The van der Waals surface area contributed by atoms with Gasteiger partial charge in [-0.1, -0.05) is 18.2 Å². The van der Waals surface area contributed by atoms with Crippen LogP contribution in [0, 0.1) is 0 Å². The first-order chi connectivity index (χ1) is 9.72. The normalized spacial score (nSPS) is 17.2. The van der Waals surface area contributed by atoms with Crippen molar-refractivity contribution in [2.45, 2.75) is 13.8 Å². The van der Waals surface area contributed by atoms with Gasteiger partial charge in [-0.2, -0.15) is 0 Å². The fraction of sp³-hybridized carbons (Fsp3) is 0.111. The summed E-state index contributed by atoms with van der Waals surface area (Å²) in [4.78, 5) is 9.16. The molecule has 0 fully saturated rings. The summed E-state index contributed by atoms with van der Waals surface area (Å²) in [6, 6.07) is 10.4. The molecule has 0 unspecified atom stereocenters. The van der Waals surface area contributed by atoms with E-state index in [0.717, 1.165) is 22.5 Å². The van der Waals surface area contributed by atoms with Gasteiger partial charge in [0.05, 0.1) is 11.2 Å². The SMILES string of the molecule is CC1=CC2=C(c3cnc4ccccc4c3)C=C(C)C2=N1. The average molecular weight is 258 g/mol. The molecule has 1 aromatic heterocycles. The van der Waals surface area contributed by atoms with E-state index in [1.54, 1.807) is 0 Å². The van der Waals surface area contributed by atoms with Gasteiger partial charge >= 0.3 is 0 Å². The molecule has 2 aromatic rings. The van der Waals surface area contributed by atoms with Crippen LogP contribution in [0.1, 0.15) is 19.4 Å². The highest BCUT2D eigenvalue weighted by molar-refractivity contribution is 6.25. The minimum Gasteiger partial charge on any atom is -0.256 e. The largest absolute Gasteiger partial charge is 0.256 e. The van der Waals surface area contributed by atoms with Crippen molar-refractivity contribution in [3.63, 3.8) is 0 Å². The van der Waals surface area contributed by atoms with Gasteiger partial charge in [-0.3, -0.25) is 9.98 Å². The number of allylic oxidation sites excluding steroid dienone is 6. The van der Waals surface area contributed by atoms with Crippen molar-refractivity contribution in [1.29, 1.82) is 0 Å². The predicted molar refractivity (Wildman–Crippen MR) is 83.6 cm³/mol. The summed E-state index contributed by atoms with van der Waals surface area (Å²) >= 11 is 0. The van der Waals surface area contributed by atoms with Gasteiger partial charge in [0.1, 0.15) is 0 Å². The van der Waals surface area contributed by atoms with Crippen molar-refractivity contribution in [3.05, 3.63) is 71.1 Å². The van der Waals surface area contributed by atoms with Crippen LogP contribution < -0.4 is 0 Å². The van der Waals surface area contributed by atoms with E-state index >= 15 is 0 Å². The quantitative estimate of drug-likeness (QED) is 0.748. The Morgan fingerprint density at radius 3 is 2.70 bits per heavy atom. The predicted octanol–water partition coefficient (Wildman–Crippen LogP) is 4.31. The third-order valence-corrected chi connectivity index (χ3v) is 3.82. The van der Waals surface area contributed by atoms with Crippen LogP contribution in [-0.2, 0) is 0 Å². The molecule has 96 valence electrons. The molecule has 0 bridgehead atoms. The molecule has 0 spiro atoms. The number of aromatic nitrogens is 1. The van der Waals surface area contributed by atoms with Crippen molar-refractivity contribution >= 4 is 22.2 Å². The highest BCUT2D eigenvalue weighted by Crippen LogP contribution is 2.36. The Balaban J connectivity index is 1.94. The summed E-state index contributed by atoms with van der Waals surface area (Å²) in [6.45, 7) is 4.16. The zero-order chi connectivity index (χ0) is 13.7. The second-order valence-corrected chi connectivity index (χ2v) is 5.32. The van der Waals surface area contributed by atoms with Gasteiger partial charge in [-0.05, 0) is 49.3 Å². The van der Waals surface area contributed by atoms with Crippen molar-refractivity contribution in [3.8, 4) is 0 Å². The Bertz CT molecular complexity index is 864. The van der Waals surface area contributed by atoms with E-state index in [1.165, 1.54) is 22.1 Å². The Morgan fingerprint density at radius 1 is 0.950 bits per heavy atom. The van der Waals surface area contributed by atoms with Crippen LogP contribution in [0.25, 0.3) is 16.5 Å². The van der Waals surface area contributed by atoms with Gasteiger partial charge in [0, 0.05) is 28.4 Å². The molecular formula is C18H14N2. The van der Waals surface area contributed by atoms with E-state index < -0.39 is 0 Å². The minimum absolute atomic E-state index is 1.03. The van der Waals surface area contributed by atoms with Gasteiger partial charge in [-0.15, -0.1) is 0 Å².